The summed E-state index contributed by atoms with van der Waals surface area (Å²) in [5.41, 5.74) is -2.30. The van der Waals surface area contributed by atoms with E-state index in [0.717, 1.165) is 0 Å². The summed E-state index contributed by atoms with van der Waals surface area (Å²) in [6, 6.07) is 1.13. The van der Waals surface area contributed by atoms with Crippen LogP contribution in [0.5, 0.6) is 0 Å². The first-order valence-corrected chi connectivity index (χ1v) is 6.28. The topological polar surface area (TPSA) is 72.7 Å². The minimum atomic E-state index is -1.32. The van der Waals surface area contributed by atoms with E-state index < -0.39 is 39.3 Å². The summed E-state index contributed by atoms with van der Waals surface area (Å²) >= 11 is 0. The number of nitrogens with zero attached hydrogens (tertiary/aromatic N) is 2. The van der Waals surface area contributed by atoms with Crippen molar-refractivity contribution in [2.45, 2.75) is 19.4 Å². The highest BCUT2D eigenvalue weighted by molar-refractivity contribution is 5.95. The maximum atomic E-state index is 14.0. The number of carbonyl (C=O) groups excluding carboxylic acids is 1. The molecule has 1 fully saturated rings. The number of nitro benzene ring substituents is 1. The lowest BCUT2D eigenvalue weighted by atomic mass is 10.1. The zero-order valence-electron chi connectivity index (χ0n) is 11.6. The van der Waals surface area contributed by atoms with Crippen LogP contribution in [0.4, 0.5) is 14.5 Å². The van der Waals surface area contributed by atoms with Crippen LogP contribution in [-0.2, 0) is 4.74 Å². The minimum Gasteiger partial charge on any atom is -0.372 e. The van der Waals surface area contributed by atoms with E-state index in [9.17, 15) is 23.7 Å². The summed E-state index contributed by atoms with van der Waals surface area (Å²) < 4.78 is 32.8. The normalized spacial score (nSPS) is 17.6. The van der Waals surface area contributed by atoms with Crippen molar-refractivity contribution >= 4 is 11.6 Å². The molecule has 0 bridgehead atoms. The number of hydrogen-bond acceptors (Lipinski definition) is 4. The van der Waals surface area contributed by atoms with Crippen molar-refractivity contribution in [2.75, 3.05) is 19.7 Å². The van der Waals surface area contributed by atoms with E-state index in [0.29, 0.717) is 12.1 Å². The van der Waals surface area contributed by atoms with E-state index in [4.69, 9.17) is 4.74 Å². The molecule has 1 heterocycles. The molecule has 1 aliphatic rings. The molecule has 0 saturated carbocycles. The Morgan fingerprint density at radius 2 is 2.10 bits per heavy atom. The molecule has 0 spiro atoms. The molecule has 0 atom stereocenters. The second-order valence-corrected chi connectivity index (χ2v) is 5.38. The molecule has 0 N–H and O–H groups in total. The van der Waals surface area contributed by atoms with Crippen LogP contribution in [0.15, 0.2) is 12.1 Å². The molecule has 8 heteroatoms. The van der Waals surface area contributed by atoms with Gasteiger partial charge in [0.15, 0.2) is 0 Å². The van der Waals surface area contributed by atoms with Gasteiger partial charge in [0.25, 0.3) is 5.91 Å². The van der Waals surface area contributed by atoms with E-state index in [2.05, 4.69) is 0 Å². The number of hydrogen-bond donors (Lipinski definition) is 0. The van der Waals surface area contributed by atoms with Gasteiger partial charge in [-0.1, -0.05) is 0 Å². The highest BCUT2D eigenvalue weighted by Crippen LogP contribution is 2.25. The first kappa shape index (κ1) is 15.3. The maximum absolute atomic E-state index is 14.0. The fourth-order valence-electron chi connectivity index (χ4n) is 2.22. The average Bonchev–Trinajstić information content (AvgIpc) is 2.38. The Morgan fingerprint density at radius 3 is 2.67 bits per heavy atom. The van der Waals surface area contributed by atoms with Crippen LogP contribution in [0.1, 0.15) is 24.2 Å². The Balaban J connectivity index is 2.37. The highest BCUT2D eigenvalue weighted by atomic mass is 19.1. The van der Waals surface area contributed by atoms with Gasteiger partial charge in [-0.2, -0.15) is 4.39 Å². The standard InChI is InChI=1S/C13H14F2N2O4/c1-13(2)7-16(3-4-21-13)12(18)9-5-8(14)6-10(11(9)15)17(19)20/h5-6H,3-4,7H2,1-2H3. The van der Waals surface area contributed by atoms with Gasteiger partial charge in [-0.05, 0) is 19.9 Å². The number of morpholine rings is 1. The first-order chi connectivity index (χ1) is 9.71. The summed E-state index contributed by atoms with van der Waals surface area (Å²) in [5.74, 6) is -3.14. The summed E-state index contributed by atoms with van der Waals surface area (Å²) in [6.45, 7) is 4.19. The van der Waals surface area contributed by atoms with Crippen molar-refractivity contribution in [1.82, 2.24) is 4.90 Å². The van der Waals surface area contributed by atoms with Crippen LogP contribution in [-0.4, -0.2) is 41.0 Å². The lowest BCUT2D eigenvalue weighted by molar-refractivity contribution is -0.387. The van der Waals surface area contributed by atoms with Crippen molar-refractivity contribution in [3.63, 3.8) is 0 Å². The van der Waals surface area contributed by atoms with Gasteiger partial charge in [0, 0.05) is 13.1 Å². The lowest BCUT2D eigenvalue weighted by Crippen LogP contribution is -2.50. The monoisotopic (exact) mass is 300 g/mol. The van der Waals surface area contributed by atoms with Crippen LogP contribution in [0.3, 0.4) is 0 Å². The summed E-state index contributed by atoms with van der Waals surface area (Å²) in [7, 11) is 0. The highest BCUT2D eigenvalue weighted by Gasteiger charge is 2.33. The summed E-state index contributed by atoms with van der Waals surface area (Å²) in [4.78, 5) is 23.2. The van der Waals surface area contributed by atoms with Gasteiger partial charge < -0.3 is 9.64 Å². The molecule has 21 heavy (non-hydrogen) atoms. The number of benzene rings is 1. The molecule has 1 saturated heterocycles. The third kappa shape index (κ3) is 3.15. The second-order valence-electron chi connectivity index (χ2n) is 5.38. The number of halogens is 2. The van der Waals surface area contributed by atoms with Crippen LogP contribution >= 0.6 is 0 Å². The third-order valence-corrected chi connectivity index (χ3v) is 3.16. The largest absolute Gasteiger partial charge is 0.372 e. The molecular weight excluding hydrogens is 286 g/mol. The molecule has 0 aromatic heterocycles. The predicted octanol–water partition coefficient (Wildman–Crippen LogP) is 2.12. The van der Waals surface area contributed by atoms with Crippen LogP contribution in [0.2, 0.25) is 0 Å². The SMILES string of the molecule is CC1(C)CN(C(=O)c2cc(F)cc([N+](=O)[O-])c2F)CCO1. The second kappa shape index (κ2) is 5.36. The zero-order valence-corrected chi connectivity index (χ0v) is 11.6. The summed E-state index contributed by atoms with van der Waals surface area (Å²) in [6.07, 6.45) is 0. The van der Waals surface area contributed by atoms with E-state index in [1.54, 1.807) is 13.8 Å². The van der Waals surface area contributed by atoms with E-state index in [-0.39, 0.29) is 19.7 Å². The fourth-order valence-corrected chi connectivity index (χ4v) is 2.22. The smallest absolute Gasteiger partial charge is 0.308 e. The van der Waals surface area contributed by atoms with Gasteiger partial charge >= 0.3 is 5.69 Å². The maximum Gasteiger partial charge on any atom is 0.308 e. The molecule has 0 aliphatic carbocycles. The molecule has 0 radical (unpaired) electrons. The molecule has 114 valence electrons. The number of carbonyl (C=O) groups is 1. The van der Waals surface area contributed by atoms with E-state index >= 15 is 0 Å². The minimum absolute atomic E-state index is 0.190. The fraction of sp³-hybridized carbons (Fsp3) is 0.462. The molecule has 1 amide bonds. The van der Waals surface area contributed by atoms with Crippen molar-refractivity contribution in [1.29, 1.82) is 0 Å². The van der Waals surface area contributed by atoms with Gasteiger partial charge in [-0.3, -0.25) is 14.9 Å². The van der Waals surface area contributed by atoms with Crippen molar-refractivity contribution in [3.05, 3.63) is 39.4 Å². The lowest BCUT2D eigenvalue weighted by Gasteiger charge is -2.38. The summed E-state index contributed by atoms with van der Waals surface area (Å²) in [5, 5.41) is 10.7. The Labute approximate surface area is 119 Å². The van der Waals surface area contributed by atoms with Gasteiger partial charge in [-0.25, -0.2) is 4.39 Å². The quantitative estimate of drug-likeness (QED) is 0.619. The van der Waals surface area contributed by atoms with Crippen molar-refractivity contribution in [3.8, 4) is 0 Å². The molecule has 6 nitrogen and oxygen atoms in total. The van der Waals surface area contributed by atoms with Crippen LogP contribution in [0.25, 0.3) is 0 Å². The Hall–Kier alpha value is -2.09. The number of rotatable bonds is 2. The molecule has 1 aromatic rings. The molecule has 1 aromatic carbocycles. The molecule has 0 unspecified atom stereocenters. The molecular formula is C13H14F2N2O4. The van der Waals surface area contributed by atoms with Gasteiger partial charge in [0.2, 0.25) is 5.82 Å². The number of ether oxygens (including phenoxy) is 1. The van der Waals surface area contributed by atoms with Gasteiger partial charge in [0.1, 0.15) is 5.82 Å². The van der Waals surface area contributed by atoms with Gasteiger partial charge in [-0.15, -0.1) is 0 Å². The Morgan fingerprint density at radius 1 is 1.43 bits per heavy atom. The Kier molecular flexibility index (Phi) is 3.91. The van der Waals surface area contributed by atoms with Crippen LogP contribution < -0.4 is 0 Å². The number of nitro groups is 1. The molecule has 2 rings (SSSR count). The van der Waals surface area contributed by atoms with Crippen LogP contribution in [0, 0.1) is 21.7 Å². The van der Waals surface area contributed by atoms with Crippen molar-refractivity contribution < 1.29 is 23.2 Å². The first-order valence-electron chi connectivity index (χ1n) is 6.28. The molecule has 1 aliphatic heterocycles. The van der Waals surface area contributed by atoms with E-state index in [1.165, 1.54) is 4.90 Å². The Bertz CT molecular complexity index is 604. The predicted molar refractivity (Wildman–Crippen MR) is 68.9 cm³/mol. The van der Waals surface area contributed by atoms with Gasteiger partial charge in [0.05, 0.1) is 28.8 Å². The van der Waals surface area contributed by atoms with E-state index in [1.807, 2.05) is 0 Å². The average molecular weight is 300 g/mol. The number of amides is 1. The third-order valence-electron chi connectivity index (χ3n) is 3.16. The zero-order chi connectivity index (χ0) is 15.8. The van der Waals surface area contributed by atoms with Crippen molar-refractivity contribution in [2.24, 2.45) is 0 Å².